The second-order valence-electron chi connectivity index (χ2n) is 5.16. The molecule has 1 aromatic heterocycles. The summed E-state index contributed by atoms with van der Waals surface area (Å²) in [5.41, 5.74) is 4.86. The number of ether oxygens (including phenoxy) is 1. The summed E-state index contributed by atoms with van der Waals surface area (Å²) in [5, 5.41) is 0. The van der Waals surface area contributed by atoms with Crippen molar-refractivity contribution < 1.29 is 4.74 Å². The van der Waals surface area contributed by atoms with Gasteiger partial charge in [-0.05, 0) is 35.3 Å². The molecule has 0 N–H and O–H groups in total. The van der Waals surface area contributed by atoms with Gasteiger partial charge in [0, 0.05) is 24.4 Å². The molecule has 0 bridgehead atoms. The van der Waals surface area contributed by atoms with Crippen LogP contribution in [0.1, 0.15) is 22.3 Å². The lowest BCUT2D eigenvalue weighted by atomic mass is 9.95. The maximum Gasteiger partial charge on any atom is 0.254 e. The number of rotatable bonds is 3. The summed E-state index contributed by atoms with van der Waals surface area (Å²) in [5.74, 6) is 0.817. The number of nitrogens with zero attached hydrogens (tertiary/aromatic N) is 1. The molecule has 1 aromatic carbocycles. The summed E-state index contributed by atoms with van der Waals surface area (Å²) in [6.07, 6.45) is 6.60. The lowest BCUT2D eigenvalue weighted by Crippen LogP contribution is -2.21. The van der Waals surface area contributed by atoms with Gasteiger partial charge in [0.05, 0.1) is 7.11 Å². The van der Waals surface area contributed by atoms with Gasteiger partial charge in [-0.25, -0.2) is 0 Å². The van der Waals surface area contributed by atoms with Gasteiger partial charge in [0.15, 0.2) is 0 Å². The molecule has 0 radical (unpaired) electrons. The first-order valence-electron chi connectivity index (χ1n) is 6.84. The smallest absolute Gasteiger partial charge is 0.254 e. The van der Waals surface area contributed by atoms with Crippen molar-refractivity contribution in [1.29, 1.82) is 0 Å². The minimum absolute atomic E-state index is 0.0706. The van der Waals surface area contributed by atoms with E-state index in [-0.39, 0.29) is 5.56 Å². The van der Waals surface area contributed by atoms with Gasteiger partial charge in [-0.2, -0.15) is 0 Å². The molecule has 3 nitrogen and oxygen atoms in total. The Bertz CT molecular complexity index is 795. The van der Waals surface area contributed by atoms with Crippen LogP contribution in [0.5, 0.6) is 5.75 Å². The van der Waals surface area contributed by atoms with E-state index in [9.17, 15) is 4.79 Å². The molecule has 0 aliphatic heterocycles. The van der Waals surface area contributed by atoms with Crippen LogP contribution in [0.15, 0.2) is 47.9 Å². The van der Waals surface area contributed by atoms with Crippen LogP contribution >= 0.6 is 0 Å². The summed E-state index contributed by atoms with van der Waals surface area (Å²) in [6, 6.07) is 7.80. The zero-order chi connectivity index (χ0) is 15.0. The van der Waals surface area contributed by atoms with Gasteiger partial charge in [0.25, 0.3) is 5.56 Å². The molecule has 1 aliphatic rings. The Kier molecular flexibility index (Phi) is 3.26. The van der Waals surface area contributed by atoms with Crippen LogP contribution in [0.2, 0.25) is 0 Å². The van der Waals surface area contributed by atoms with Crippen molar-refractivity contribution in [3.05, 3.63) is 75.7 Å². The quantitative estimate of drug-likeness (QED) is 0.864. The molecule has 106 valence electrons. The van der Waals surface area contributed by atoms with Crippen molar-refractivity contribution in [3.8, 4) is 5.75 Å². The van der Waals surface area contributed by atoms with E-state index in [2.05, 4.69) is 6.58 Å². The first-order chi connectivity index (χ1) is 10.1. The standard InChI is InChI=1S/C18H17NO2/c1-12(13-7-9-14(21-3)10-8-13)17-11-19(2)18(20)16-6-4-5-15(16)17/h4-5,7-11H,1,6H2,2-3H3. The maximum atomic E-state index is 12.1. The SMILES string of the molecule is C=C(c1ccc(OC)cc1)c1cn(C)c(=O)c2c1C=CC2. The van der Waals surface area contributed by atoms with Crippen LogP contribution in [0.3, 0.4) is 0 Å². The van der Waals surface area contributed by atoms with Crippen LogP contribution in [-0.2, 0) is 13.5 Å². The molecule has 0 fully saturated rings. The van der Waals surface area contributed by atoms with Gasteiger partial charge >= 0.3 is 0 Å². The number of hydrogen-bond donors (Lipinski definition) is 0. The third-order valence-corrected chi connectivity index (χ3v) is 3.89. The fraction of sp³-hybridized carbons (Fsp3) is 0.167. The lowest BCUT2D eigenvalue weighted by molar-refractivity contribution is 0.415. The Balaban J connectivity index is 2.10. The largest absolute Gasteiger partial charge is 0.497 e. The summed E-state index contributed by atoms with van der Waals surface area (Å²) < 4.78 is 6.81. The number of aryl methyl sites for hydroxylation is 1. The summed E-state index contributed by atoms with van der Waals surface area (Å²) in [7, 11) is 3.43. The van der Waals surface area contributed by atoms with Crippen molar-refractivity contribution in [1.82, 2.24) is 4.57 Å². The third kappa shape index (κ3) is 2.21. The molecule has 0 saturated heterocycles. The molecule has 3 rings (SSSR count). The van der Waals surface area contributed by atoms with E-state index in [1.807, 2.05) is 42.6 Å². The Hall–Kier alpha value is -2.55. The number of hydrogen-bond acceptors (Lipinski definition) is 2. The Morgan fingerprint density at radius 3 is 2.67 bits per heavy atom. The molecule has 0 unspecified atom stereocenters. The van der Waals surface area contributed by atoms with Crippen LogP contribution in [0.25, 0.3) is 11.6 Å². The van der Waals surface area contributed by atoms with Crippen molar-refractivity contribution in [2.45, 2.75) is 6.42 Å². The Labute approximate surface area is 123 Å². The van der Waals surface area contributed by atoms with E-state index in [0.717, 1.165) is 33.6 Å². The minimum Gasteiger partial charge on any atom is -0.497 e. The van der Waals surface area contributed by atoms with Crippen molar-refractivity contribution >= 4 is 11.6 Å². The molecule has 0 saturated carbocycles. The maximum absolute atomic E-state index is 12.1. The second kappa shape index (κ2) is 5.09. The summed E-state index contributed by atoms with van der Waals surface area (Å²) in [4.78, 5) is 12.1. The Morgan fingerprint density at radius 2 is 2.00 bits per heavy atom. The molecule has 21 heavy (non-hydrogen) atoms. The predicted octanol–water partition coefficient (Wildman–Crippen LogP) is 3.02. The molecule has 0 amide bonds. The lowest BCUT2D eigenvalue weighted by Gasteiger charge is -2.13. The molecule has 2 aromatic rings. The Morgan fingerprint density at radius 1 is 1.29 bits per heavy atom. The number of fused-ring (bicyclic) bond motifs is 1. The fourth-order valence-electron chi connectivity index (χ4n) is 2.68. The number of benzene rings is 1. The van der Waals surface area contributed by atoms with Gasteiger partial charge in [0.2, 0.25) is 0 Å². The van der Waals surface area contributed by atoms with Gasteiger partial charge < -0.3 is 9.30 Å². The first kappa shape index (κ1) is 13.4. The average Bonchev–Trinajstić information content (AvgIpc) is 3.00. The molecule has 1 aliphatic carbocycles. The van der Waals surface area contributed by atoms with Gasteiger partial charge in [0.1, 0.15) is 5.75 Å². The number of pyridine rings is 1. The third-order valence-electron chi connectivity index (χ3n) is 3.89. The summed E-state index contributed by atoms with van der Waals surface area (Å²) in [6.45, 7) is 4.21. The van der Waals surface area contributed by atoms with E-state index < -0.39 is 0 Å². The molecule has 0 atom stereocenters. The first-order valence-corrected chi connectivity index (χ1v) is 6.84. The van der Waals surface area contributed by atoms with Crippen LogP contribution in [-0.4, -0.2) is 11.7 Å². The van der Waals surface area contributed by atoms with E-state index in [0.29, 0.717) is 6.42 Å². The van der Waals surface area contributed by atoms with Crippen molar-refractivity contribution in [2.24, 2.45) is 7.05 Å². The van der Waals surface area contributed by atoms with Crippen LogP contribution < -0.4 is 10.3 Å². The van der Waals surface area contributed by atoms with Crippen LogP contribution in [0.4, 0.5) is 0 Å². The van der Waals surface area contributed by atoms with E-state index in [1.54, 1.807) is 18.7 Å². The molecule has 0 spiro atoms. The van der Waals surface area contributed by atoms with Crippen LogP contribution in [0, 0.1) is 0 Å². The average molecular weight is 279 g/mol. The van der Waals surface area contributed by atoms with Gasteiger partial charge in [-0.3, -0.25) is 4.79 Å². The number of methoxy groups -OCH3 is 1. The fourth-order valence-corrected chi connectivity index (χ4v) is 2.68. The highest BCUT2D eigenvalue weighted by Gasteiger charge is 2.17. The molecular formula is C18H17NO2. The zero-order valence-electron chi connectivity index (χ0n) is 12.2. The molecule has 1 heterocycles. The predicted molar refractivity (Wildman–Crippen MR) is 85.6 cm³/mol. The van der Waals surface area contributed by atoms with Crippen molar-refractivity contribution in [3.63, 3.8) is 0 Å². The zero-order valence-corrected chi connectivity index (χ0v) is 12.2. The van der Waals surface area contributed by atoms with E-state index in [1.165, 1.54) is 0 Å². The molecule has 3 heteroatoms. The number of allylic oxidation sites excluding steroid dienone is 1. The topological polar surface area (TPSA) is 31.2 Å². The van der Waals surface area contributed by atoms with Crippen molar-refractivity contribution in [2.75, 3.05) is 7.11 Å². The summed E-state index contributed by atoms with van der Waals surface area (Å²) >= 11 is 0. The minimum atomic E-state index is 0.0706. The highest BCUT2D eigenvalue weighted by molar-refractivity contribution is 5.84. The normalized spacial score (nSPS) is 12.3. The van der Waals surface area contributed by atoms with Gasteiger partial charge in [-0.15, -0.1) is 0 Å². The number of aromatic nitrogens is 1. The molecular weight excluding hydrogens is 262 g/mol. The van der Waals surface area contributed by atoms with Gasteiger partial charge in [-0.1, -0.05) is 30.9 Å². The monoisotopic (exact) mass is 279 g/mol. The second-order valence-corrected chi connectivity index (χ2v) is 5.16. The highest BCUT2D eigenvalue weighted by atomic mass is 16.5. The highest BCUT2D eigenvalue weighted by Crippen LogP contribution is 2.30. The van der Waals surface area contributed by atoms with E-state index >= 15 is 0 Å². The van der Waals surface area contributed by atoms with E-state index in [4.69, 9.17) is 4.74 Å².